The van der Waals surface area contributed by atoms with Gasteiger partial charge in [0.15, 0.2) is 0 Å². The molecule has 1 atom stereocenters. The minimum Gasteiger partial charge on any atom is -0.386 e. The van der Waals surface area contributed by atoms with Crippen LogP contribution in [0.2, 0.25) is 30.7 Å². The zero-order valence-corrected chi connectivity index (χ0v) is 33.0. The van der Waals surface area contributed by atoms with Gasteiger partial charge in [-0.3, -0.25) is 14.3 Å². The summed E-state index contributed by atoms with van der Waals surface area (Å²) >= 11 is 6.70. The van der Waals surface area contributed by atoms with E-state index in [1.54, 1.807) is 33.0 Å². The fourth-order valence-corrected chi connectivity index (χ4v) is 6.92. The van der Waals surface area contributed by atoms with Crippen LogP contribution >= 0.6 is 11.6 Å². The van der Waals surface area contributed by atoms with Crippen molar-refractivity contribution in [2.45, 2.75) is 78.2 Å². The van der Waals surface area contributed by atoms with Gasteiger partial charge < -0.3 is 20.5 Å². The van der Waals surface area contributed by atoms with E-state index in [0.29, 0.717) is 28.7 Å². The Bertz CT molecular complexity index is 2040. The van der Waals surface area contributed by atoms with Gasteiger partial charge in [-0.1, -0.05) is 67.6 Å². The summed E-state index contributed by atoms with van der Waals surface area (Å²) in [5.41, 5.74) is 6.99. The van der Waals surface area contributed by atoms with Gasteiger partial charge in [0.1, 0.15) is 18.5 Å². The lowest BCUT2D eigenvalue weighted by Gasteiger charge is -2.21. The van der Waals surface area contributed by atoms with Gasteiger partial charge in [0.2, 0.25) is 5.91 Å². The number of nitrogens with zero attached hydrogens (tertiary/aromatic N) is 4. The molecule has 0 spiro atoms. The number of hydrogen-bond acceptors (Lipinski definition) is 6. The van der Waals surface area contributed by atoms with Gasteiger partial charge in [-0.15, -0.1) is 0 Å². The number of amides is 2. The van der Waals surface area contributed by atoms with Crippen molar-refractivity contribution in [3.05, 3.63) is 112 Å². The SMILES string of the molecule is Cc1nn(COCC[Si](C)(C)C)c(C)c1-c1ccc(NC(=O)[C@H](Cc2cc(-c3cccc(C(C)(C)O)c3)ccc2Cl)NC(=O)c2ccnn2C)cc1. The molecule has 5 rings (SSSR count). The second-order valence-corrected chi connectivity index (χ2v) is 21.0. The summed E-state index contributed by atoms with van der Waals surface area (Å²) in [6.07, 6.45) is 1.66. The zero-order valence-electron chi connectivity index (χ0n) is 31.3. The molecular formula is C40H49ClN6O4Si. The van der Waals surface area contributed by atoms with Crippen molar-refractivity contribution in [2.75, 3.05) is 11.9 Å². The fourth-order valence-electron chi connectivity index (χ4n) is 5.97. The maximum Gasteiger partial charge on any atom is 0.270 e. The van der Waals surface area contributed by atoms with E-state index in [0.717, 1.165) is 51.9 Å². The number of ether oxygens (including phenoxy) is 1. The van der Waals surface area contributed by atoms with Crippen LogP contribution in [0.3, 0.4) is 0 Å². The van der Waals surface area contributed by atoms with Crippen molar-refractivity contribution in [1.82, 2.24) is 24.9 Å². The first-order valence-corrected chi connectivity index (χ1v) is 21.5. The standard InChI is InChI=1S/C40H49ClN6O4Si/c1-26-37(27(2)47(45-26)25-51-20-21-52(6,7)8)28-12-15-33(16-13-28)43-38(48)35(44-39(49)36-18-19-42-46(36)5)24-31-22-30(14-17-34(31)41)29-10-9-11-32(23-29)40(3,4)50/h9-19,22-23,35,50H,20-21,24-25H2,1-8H3,(H,43,48)(H,44,49)/t35-/m0/s1. The third kappa shape index (κ3) is 9.65. The number of aromatic nitrogens is 4. The van der Waals surface area contributed by atoms with E-state index in [1.807, 2.05) is 79.2 Å². The van der Waals surface area contributed by atoms with Gasteiger partial charge >= 0.3 is 0 Å². The molecular weight excluding hydrogens is 692 g/mol. The molecule has 10 nitrogen and oxygen atoms in total. The number of benzene rings is 3. The van der Waals surface area contributed by atoms with Crippen LogP contribution < -0.4 is 10.6 Å². The van der Waals surface area contributed by atoms with Gasteiger partial charge in [-0.2, -0.15) is 10.2 Å². The highest BCUT2D eigenvalue weighted by molar-refractivity contribution is 6.76. The average molecular weight is 741 g/mol. The Morgan fingerprint density at radius 2 is 1.67 bits per heavy atom. The summed E-state index contributed by atoms with van der Waals surface area (Å²) in [6, 6.07) is 22.6. The predicted octanol–water partition coefficient (Wildman–Crippen LogP) is 7.74. The number of halogens is 1. The van der Waals surface area contributed by atoms with Gasteiger partial charge in [0, 0.05) is 56.3 Å². The van der Waals surface area contributed by atoms with Gasteiger partial charge in [0.05, 0.1) is 11.3 Å². The van der Waals surface area contributed by atoms with Crippen LogP contribution in [0.1, 0.15) is 46.9 Å². The fraction of sp³-hybridized carbons (Fsp3) is 0.350. The van der Waals surface area contributed by atoms with Gasteiger partial charge in [-0.05, 0) is 98.0 Å². The summed E-state index contributed by atoms with van der Waals surface area (Å²) in [5, 5.41) is 25.8. The zero-order chi connectivity index (χ0) is 37.8. The molecule has 0 saturated heterocycles. The summed E-state index contributed by atoms with van der Waals surface area (Å²) in [5.74, 6) is -0.836. The van der Waals surface area contributed by atoms with Crippen molar-refractivity contribution in [1.29, 1.82) is 0 Å². The maximum atomic E-state index is 13.9. The first-order chi connectivity index (χ1) is 24.5. The molecule has 2 aromatic heterocycles. The molecule has 0 aliphatic rings. The van der Waals surface area contributed by atoms with E-state index >= 15 is 0 Å². The van der Waals surface area contributed by atoms with Crippen LogP contribution in [0.15, 0.2) is 79.0 Å². The van der Waals surface area contributed by atoms with E-state index in [4.69, 9.17) is 21.4 Å². The van der Waals surface area contributed by atoms with Gasteiger partial charge in [0.25, 0.3) is 5.91 Å². The largest absolute Gasteiger partial charge is 0.386 e. The number of rotatable bonds is 14. The van der Waals surface area contributed by atoms with Crippen molar-refractivity contribution in [3.8, 4) is 22.3 Å². The smallest absolute Gasteiger partial charge is 0.270 e. The summed E-state index contributed by atoms with van der Waals surface area (Å²) in [6.45, 7) is 15.6. The highest BCUT2D eigenvalue weighted by atomic mass is 35.5. The second-order valence-electron chi connectivity index (χ2n) is 15.0. The second kappa shape index (κ2) is 16.0. The van der Waals surface area contributed by atoms with Crippen LogP contribution in [0.4, 0.5) is 5.69 Å². The number of aliphatic hydroxyl groups is 1. The van der Waals surface area contributed by atoms with E-state index in [1.165, 1.54) is 10.9 Å². The first-order valence-electron chi connectivity index (χ1n) is 17.4. The first kappa shape index (κ1) is 38.7. The lowest BCUT2D eigenvalue weighted by molar-refractivity contribution is -0.118. The van der Waals surface area contributed by atoms with Crippen molar-refractivity contribution >= 4 is 37.2 Å². The molecule has 2 amide bonds. The third-order valence-corrected chi connectivity index (χ3v) is 11.2. The minimum atomic E-state index is -1.18. The van der Waals surface area contributed by atoms with Crippen molar-refractivity contribution in [3.63, 3.8) is 0 Å². The summed E-state index contributed by atoms with van der Waals surface area (Å²) in [4.78, 5) is 27.3. The minimum absolute atomic E-state index is 0.128. The predicted molar refractivity (Wildman–Crippen MR) is 210 cm³/mol. The van der Waals surface area contributed by atoms with E-state index in [9.17, 15) is 14.7 Å². The average Bonchev–Trinajstić information content (AvgIpc) is 3.64. The summed E-state index contributed by atoms with van der Waals surface area (Å²) in [7, 11) is 0.487. The number of carbonyl (C=O) groups is 2. The molecule has 2 heterocycles. The number of nitrogens with one attached hydrogen (secondary N) is 2. The summed E-state index contributed by atoms with van der Waals surface area (Å²) < 4.78 is 9.30. The Labute approximate surface area is 312 Å². The molecule has 0 aliphatic carbocycles. The Morgan fingerprint density at radius 1 is 0.981 bits per heavy atom. The van der Waals surface area contributed by atoms with E-state index < -0.39 is 31.5 Å². The third-order valence-electron chi connectivity index (χ3n) is 9.08. The number of carbonyl (C=O) groups excluding carboxylic acids is 2. The van der Waals surface area contributed by atoms with Crippen LogP contribution in [0, 0.1) is 13.8 Å². The number of hydrogen-bond donors (Lipinski definition) is 3. The molecule has 0 saturated carbocycles. The van der Waals surface area contributed by atoms with Gasteiger partial charge in [-0.25, -0.2) is 4.68 Å². The van der Waals surface area contributed by atoms with Crippen LogP contribution in [-0.4, -0.2) is 57.2 Å². The van der Waals surface area contributed by atoms with E-state index in [2.05, 4.69) is 35.4 Å². The quantitative estimate of drug-likeness (QED) is 0.0791. The Morgan fingerprint density at radius 3 is 2.33 bits per heavy atom. The molecule has 52 heavy (non-hydrogen) atoms. The molecule has 0 bridgehead atoms. The molecule has 12 heteroatoms. The Balaban J connectivity index is 1.36. The normalized spacial score (nSPS) is 12.5. The lowest BCUT2D eigenvalue weighted by Crippen LogP contribution is -2.45. The molecule has 3 aromatic carbocycles. The number of aryl methyl sites for hydroxylation is 2. The molecule has 0 aliphatic heterocycles. The maximum absolute atomic E-state index is 13.9. The van der Waals surface area contributed by atoms with Crippen molar-refractivity contribution in [2.24, 2.45) is 7.05 Å². The van der Waals surface area contributed by atoms with E-state index in [-0.39, 0.29) is 6.42 Å². The lowest BCUT2D eigenvalue weighted by atomic mass is 9.93. The monoisotopic (exact) mass is 740 g/mol. The molecule has 0 radical (unpaired) electrons. The molecule has 5 aromatic rings. The number of anilines is 1. The highest BCUT2D eigenvalue weighted by Gasteiger charge is 2.25. The molecule has 274 valence electrons. The topological polar surface area (TPSA) is 123 Å². The molecule has 0 fully saturated rings. The van der Waals surface area contributed by atoms with Crippen LogP contribution in [0.25, 0.3) is 22.3 Å². The van der Waals surface area contributed by atoms with Crippen molar-refractivity contribution < 1.29 is 19.4 Å². The molecule has 0 unspecified atom stereocenters. The molecule has 3 N–H and O–H groups in total. The van der Waals surface area contributed by atoms with Crippen LogP contribution in [-0.2, 0) is 35.3 Å². The highest BCUT2D eigenvalue weighted by Crippen LogP contribution is 2.31. The Hall–Kier alpha value is -4.55. The van der Waals surface area contributed by atoms with Crippen LogP contribution in [0.5, 0.6) is 0 Å². The Kier molecular flexibility index (Phi) is 11.9.